The number of carbonyl (C=O) groups is 1. The van der Waals surface area contributed by atoms with Crippen LogP contribution in [-0.4, -0.2) is 30.9 Å². The molecule has 0 saturated heterocycles. The van der Waals surface area contributed by atoms with Gasteiger partial charge >= 0.3 is 0 Å². The number of benzene rings is 1. The van der Waals surface area contributed by atoms with Crippen LogP contribution in [0.15, 0.2) is 24.3 Å². The Labute approximate surface area is 120 Å². The van der Waals surface area contributed by atoms with Crippen LogP contribution in [0.1, 0.15) is 25.3 Å². The molecule has 0 saturated carbocycles. The van der Waals surface area contributed by atoms with E-state index in [9.17, 15) is 9.18 Å². The molecule has 0 atom stereocenters. The summed E-state index contributed by atoms with van der Waals surface area (Å²) in [6.45, 7) is 4.02. The maximum Gasteiger partial charge on any atom is 0.224 e. The van der Waals surface area contributed by atoms with E-state index in [0.29, 0.717) is 19.5 Å². The Bertz CT molecular complexity index is 370. The molecule has 1 aromatic carbocycles. The Hall–Kier alpha value is -1.13. The van der Waals surface area contributed by atoms with Crippen molar-refractivity contribution in [2.75, 3.05) is 20.1 Å². The van der Waals surface area contributed by atoms with E-state index >= 15 is 0 Å². The van der Waals surface area contributed by atoms with E-state index in [1.54, 1.807) is 12.1 Å². The van der Waals surface area contributed by atoms with Gasteiger partial charge < -0.3 is 10.2 Å². The lowest BCUT2D eigenvalue weighted by Gasteiger charge is -2.22. The van der Waals surface area contributed by atoms with Gasteiger partial charge in [0.25, 0.3) is 0 Å². The van der Waals surface area contributed by atoms with E-state index < -0.39 is 0 Å². The highest BCUT2D eigenvalue weighted by Gasteiger charge is 2.12. The maximum atomic E-state index is 12.8. The standard InChI is InChI=1S/C14H21FN2O.ClH/c1-3-10-17(14(18)8-9-16-2)11-12-4-6-13(15)7-5-12;/h4-7,16H,3,8-11H2,1-2H3;1H. The fourth-order valence-corrected chi connectivity index (χ4v) is 1.76. The van der Waals surface area contributed by atoms with Gasteiger partial charge in [-0.15, -0.1) is 12.4 Å². The lowest BCUT2D eigenvalue weighted by atomic mass is 10.2. The van der Waals surface area contributed by atoms with Crippen molar-refractivity contribution in [1.29, 1.82) is 0 Å². The summed E-state index contributed by atoms with van der Waals surface area (Å²) in [7, 11) is 1.83. The highest BCUT2D eigenvalue weighted by atomic mass is 35.5. The molecule has 19 heavy (non-hydrogen) atoms. The molecule has 3 nitrogen and oxygen atoms in total. The summed E-state index contributed by atoms with van der Waals surface area (Å²) in [4.78, 5) is 13.8. The molecule has 0 spiro atoms. The van der Waals surface area contributed by atoms with Crippen LogP contribution in [0.25, 0.3) is 0 Å². The molecule has 0 aliphatic carbocycles. The summed E-state index contributed by atoms with van der Waals surface area (Å²) < 4.78 is 12.8. The van der Waals surface area contributed by atoms with Gasteiger partial charge in [-0.3, -0.25) is 4.79 Å². The number of halogens is 2. The highest BCUT2D eigenvalue weighted by molar-refractivity contribution is 5.85. The van der Waals surface area contributed by atoms with Gasteiger partial charge in [0, 0.05) is 26.1 Å². The molecule has 108 valence electrons. The second-order valence-corrected chi connectivity index (χ2v) is 4.30. The van der Waals surface area contributed by atoms with E-state index in [-0.39, 0.29) is 24.1 Å². The average molecular weight is 289 g/mol. The van der Waals surface area contributed by atoms with Gasteiger partial charge in [-0.1, -0.05) is 19.1 Å². The van der Waals surface area contributed by atoms with E-state index in [2.05, 4.69) is 5.32 Å². The molecule has 0 radical (unpaired) electrons. The van der Waals surface area contributed by atoms with Crippen molar-refractivity contribution in [3.05, 3.63) is 35.6 Å². The van der Waals surface area contributed by atoms with Crippen LogP contribution in [0.2, 0.25) is 0 Å². The second kappa shape index (κ2) is 9.75. The van der Waals surface area contributed by atoms with E-state index in [0.717, 1.165) is 18.5 Å². The molecule has 0 aromatic heterocycles. The third-order valence-corrected chi connectivity index (χ3v) is 2.72. The molecule has 0 aliphatic heterocycles. The fraction of sp³-hybridized carbons (Fsp3) is 0.500. The minimum absolute atomic E-state index is 0. The number of nitrogens with zero attached hydrogens (tertiary/aromatic N) is 1. The fourth-order valence-electron chi connectivity index (χ4n) is 1.76. The number of amides is 1. The quantitative estimate of drug-likeness (QED) is 0.836. The summed E-state index contributed by atoms with van der Waals surface area (Å²) in [5.41, 5.74) is 0.961. The first-order valence-corrected chi connectivity index (χ1v) is 6.34. The lowest BCUT2D eigenvalue weighted by Crippen LogP contribution is -2.33. The van der Waals surface area contributed by atoms with E-state index in [1.807, 2.05) is 18.9 Å². The van der Waals surface area contributed by atoms with Gasteiger partial charge in [-0.2, -0.15) is 0 Å². The Morgan fingerprint density at radius 3 is 2.47 bits per heavy atom. The molecule has 0 heterocycles. The van der Waals surface area contributed by atoms with Gasteiger partial charge in [0.2, 0.25) is 5.91 Å². The van der Waals surface area contributed by atoms with Gasteiger partial charge in [0.15, 0.2) is 0 Å². The monoisotopic (exact) mass is 288 g/mol. The number of hydrogen-bond donors (Lipinski definition) is 1. The molecule has 0 fully saturated rings. The summed E-state index contributed by atoms with van der Waals surface area (Å²) in [5, 5.41) is 2.97. The van der Waals surface area contributed by atoms with Crippen molar-refractivity contribution in [2.45, 2.75) is 26.3 Å². The molecular formula is C14H22ClFN2O. The van der Waals surface area contributed by atoms with Crippen molar-refractivity contribution >= 4 is 18.3 Å². The number of nitrogens with one attached hydrogen (secondary N) is 1. The van der Waals surface area contributed by atoms with Crippen LogP contribution in [-0.2, 0) is 11.3 Å². The molecule has 5 heteroatoms. The minimum atomic E-state index is -0.248. The van der Waals surface area contributed by atoms with Crippen LogP contribution in [0.5, 0.6) is 0 Å². The van der Waals surface area contributed by atoms with E-state index in [1.165, 1.54) is 12.1 Å². The predicted octanol–water partition coefficient (Wildman–Crippen LogP) is 2.60. The maximum absolute atomic E-state index is 12.8. The smallest absolute Gasteiger partial charge is 0.224 e. The van der Waals surface area contributed by atoms with Gasteiger partial charge in [0.05, 0.1) is 0 Å². The summed E-state index contributed by atoms with van der Waals surface area (Å²) in [6.07, 6.45) is 1.42. The highest BCUT2D eigenvalue weighted by Crippen LogP contribution is 2.08. The Kier molecular flexibility index (Phi) is 9.17. The zero-order valence-electron chi connectivity index (χ0n) is 11.5. The number of carbonyl (C=O) groups excluding carboxylic acids is 1. The Balaban J connectivity index is 0.00000324. The first kappa shape index (κ1) is 17.9. The Morgan fingerprint density at radius 2 is 1.95 bits per heavy atom. The van der Waals surface area contributed by atoms with Crippen molar-refractivity contribution in [3.63, 3.8) is 0 Å². The molecule has 0 unspecified atom stereocenters. The van der Waals surface area contributed by atoms with Crippen molar-refractivity contribution < 1.29 is 9.18 Å². The average Bonchev–Trinajstić information content (AvgIpc) is 2.38. The van der Waals surface area contributed by atoms with Crippen LogP contribution in [0, 0.1) is 5.82 Å². The molecule has 0 bridgehead atoms. The third-order valence-electron chi connectivity index (χ3n) is 2.72. The molecule has 1 N–H and O–H groups in total. The molecule has 1 amide bonds. The molecule has 1 rings (SSSR count). The topological polar surface area (TPSA) is 32.3 Å². The second-order valence-electron chi connectivity index (χ2n) is 4.30. The first-order chi connectivity index (χ1) is 8.67. The predicted molar refractivity (Wildman–Crippen MR) is 77.9 cm³/mol. The third kappa shape index (κ3) is 6.55. The molecule has 1 aromatic rings. The van der Waals surface area contributed by atoms with Crippen molar-refractivity contribution in [3.8, 4) is 0 Å². The summed E-state index contributed by atoms with van der Waals surface area (Å²) in [5.74, 6) is -0.113. The van der Waals surface area contributed by atoms with Crippen LogP contribution < -0.4 is 5.32 Å². The molecule has 0 aliphatic rings. The largest absolute Gasteiger partial charge is 0.338 e. The van der Waals surface area contributed by atoms with Crippen LogP contribution in [0.4, 0.5) is 4.39 Å². The first-order valence-electron chi connectivity index (χ1n) is 6.34. The zero-order chi connectivity index (χ0) is 13.4. The summed E-state index contributed by atoms with van der Waals surface area (Å²) >= 11 is 0. The van der Waals surface area contributed by atoms with E-state index in [4.69, 9.17) is 0 Å². The van der Waals surface area contributed by atoms with Crippen LogP contribution in [0.3, 0.4) is 0 Å². The van der Waals surface area contributed by atoms with Crippen molar-refractivity contribution in [2.24, 2.45) is 0 Å². The number of rotatable bonds is 7. The lowest BCUT2D eigenvalue weighted by molar-refractivity contribution is -0.131. The van der Waals surface area contributed by atoms with Crippen LogP contribution >= 0.6 is 12.4 Å². The SMILES string of the molecule is CCCN(Cc1ccc(F)cc1)C(=O)CCNC.Cl. The van der Waals surface area contributed by atoms with Gasteiger partial charge in [-0.25, -0.2) is 4.39 Å². The van der Waals surface area contributed by atoms with Gasteiger partial charge in [-0.05, 0) is 31.2 Å². The normalized spacial score (nSPS) is 9.84. The Morgan fingerprint density at radius 1 is 1.32 bits per heavy atom. The summed E-state index contributed by atoms with van der Waals surface area (Å²) in [6, 6.07) is 6.31. The van der Waals surface area contributed by atoms with Crippen molar-refractivity contribution in [1.82, 2.24) is 10.2 Å². The van der Waals surface area contributed by atoms with Gasteiger partial charge in [0.1, 0.15) is 5.82 Å². The minimum Gasteiger partial charge on any atom is -0.338 e. The number of hydrogen-bond acceptors (Lipinski definition) is 2. The zero-order valence-corrected chi connectivity index (χ0v) is 12.3. The molecular weight excluding hydrogens is 267 g/mol.